The summed E-state index contributed by atoms with van der Waals surface area (Å²) in [5.74, 6) is -1.67. The summed E-state index contributed by atoms with van der Waals surface area (Å²) < 4.78 is 14.7. The van der Waals surface area contributed by atoms with Crippen molar-refractivity contribution in [2.75, 3.05) is 33.2 Å². The van der Waals surface area contributed by atoms with E-state index >= 15 is 0 Å². The molecular weight excluding hydrogens is 236 g/mol. The molecule has 6 nitrogen and oxygen atoms in total. The third-order valence-corrected chi connectivity index (χ3v) is 2.55. The van der Waals surface area contributed by atoms with Gasteiger partial charge in [-0.25, -0.2) is 4.79 Å². The Morgan fingerprint density at radius 1 is 1.28 bits per heavy atom. The number of methoxy groups -OCH3 is 3. The molecule has 0 aromatic heterocycles. The second-order valence-electron chi connectivity index (χ2n) is 3.61. The molecule has 0 fully saturated rings. The van der Waals surface area contributed by atoms with Crippen LogP contribution in [0, 0.1) is 0 Å². The van der Waals surface area contributed by atoms with Gasteiger partial charge in [-0.05, 0) is 12.1 Å². The van der Waals surface area contributed by atoms with Gasteiger partial charge in [-0.15, -0.1) is 0 Å². The number of para-hydroxylation sites is 1. The van der Waals surface area contributed by atoms with Crippen LogP contribution in [0.4, 0.5) is 5.69 Å². The molecule has 0 saturated heterocycles. The van der Waals surface area contributed by atoms with Gasteiger partial charge in [0, 0.05) is 19.9 Å². The van der Waals surface area contributed by atoms with Crippen LogP contribution in [0.2, 0.25) is 0 Å². The summed E-state index contributed by atoms with van der Waals surface area (Å²) in [5, 5.41) is 3.00. The smallest absolute Gasteiger partial charge is 0.339 e. The highest BCUT2D eigenvalue weighted by atomic mass is 16.7. The van der Waals surface area contributed by atoms with Crippen molar-refractivity contribution >= 4 is 11.7 Å². The lowest BCUT2D eigenvalue weighted by atomic mass is 10.2. The van der Waals surface area contributed by atoms with Crippen molar-refractivity contribution in [2.24, 2.45) is 5.73 Å². The van der Waals surface area contributed by atoms with Crippen molar-refractivity contribution in [3.63, 3.8) is 0 Å². The summed E-state index contributed by atoms with van der Waals surface area (Å²) >= 11 is 0. The Morgan fingerprint density at radius 3 is 2.44 bits per heavy atom. The Labute approximate surface area is 106 Å². The third-order valence-electron chi connectivity index (χ3n) is 2.55. The molecule has 0 heterocycles. The number of carbonyl (C=O) groups excluding carboxylic acids is 1. The second kappa shape index (κ2) is 6.34. The van der Waals surface area contributed by atoms with Gasteiger partial charge in [0.2, 0.25) is 5.91 Å². The summed E-state index contributed by atoms with van der Waals surface area (Å²) in [6, 6.07) is 6.95. The molecule has 0 atom stereocenters. The first-order valence-electron chi connectivity index (χ1n) is 5.36. The summed E-state index contributed by atoms with van der Waals surface area (Å²) in [7, 11) is 4.21. The molecule has 1 aromatic carbocycles. The lowest BCUT2D eigenvalue weighted by molar-refractivity contribution is -0.191. The zero-order chi connectivity index (χ0) is 13.6. The highest BCUT2D eigenvalue weighted by Crippen LogP contribution is 2.17. The van der Waals surface area contributed by atoms with Gasteiger partial charge in [-0.2, -0.15) is 0 Å². The van der Waals surface area contributed by atoms with Crippen LogP contribution >= 0.6 is 0 Å². The third kappa shape index (κ3) is 3.43. The molecule has 1 aromatic rings. The first kappa shape index (κ1) is 14.4. The number of hydrogen-bond acceptors (Lipinski definition) is 6. The predicted molar refractivity (Wildman–Crippen MR) is 67.2 cm³/mol. The number of nitrogens with one attached hydrogen (secondary N) is 1. The number of hydrogen-bond donors (Lipinski definition) is 2. The van der Waals surface area contributed by atoms with Gasteiger partial charge in [0.05, 0.1) is 19.2 Å². The van der Waals surface area contributed by atoms with Crippen molar-refractivity contribution in [3.05, 3.63) is 29.8 Å². The van der Waals surface area contributed by atoms with Crippen LogP contribution in [0.5, 0.6) is 0 Å². The van der Waals surface area contributed by atoms with Gasteiger partial charge in [-0.3, -0.25) is 5.73 Å². The first-order valence-corrected chi connectivity index (χ1v) is 5.36. The van der Waals surface area contributed by atoms with Crippen LogP contribution in [-0.4, -0.2) is 39.8 Å². The summed E-state index contributed by atoms with van der Waals surface area (Å²) in [4.78, 5) is 11.5. The van der Waals surface area contributed by atoms with Crippen LogP contribution in [0.3, 0.4) is 0 Å². The minimum absolute atomic E-state index is 0.188. The van der Waals surface area contributed by atoms with Gasteiger partial charge >= 0.3 is 5.97 Å². The van der Waals surface area contributed by atoms with E-state index in [-0.39, 0.29) is 6.54 Å². The zero-order valence-corrected chi connectivity index (χ0v) is 10.7. The van der Waals surface area contributed by atoms with Gasteiger partial charge in [0.15, 0.2) is 0 Å². The average Bonchev–Trinajstić information content (AvgIpc) is 2.44. The fourth-order valence-electron chi connectivity index (χ4n) is 1.37. The maximum Gasteiger partial charge on any atom is 0.339 e. The number of carbonyl (C=O) groups is 1. The fourth-order valence-corrected chi connectivity index (χ4v) is 1.37. The van der Waals surface area contributed by atoms with Crippen molar-refractivity contribution in [3.8, 4) is 0 Å². The number of anilines is 1. The first-order chi connectivity index (χ1) is 8.56. The standard InChI is InChI=1S/C12H18N2O4/c1-16-11(15)9-6-4-5-7-10(9)14-8-12(13,17-2)18-3/h4-7,14H,8,13H2,1-3H3. The highest BCUT2D eigenvalue weighted by Gasteiger charge is 2.24. The van der Waals surface area contributed by atoms with Crippen molar-refractivity contribution < 1.29 is 19.0 Å². The van der Waals surface area contributed by atoms with E-state index in [4.69, 9.17) is 15.2 Å². The monoisotopic (exact) mass is 254 g/mol. The van der Waals surface area contributed by atoms with E-state index in [1.807, 2.05) is 0 Å². The normalized spacial score (nSPS) is 11.1. The molecule has 0 aliphatic heterocycles. The van der Waals surface area contributed by atoms with Crippen molar-refractivity contribution in [1.82, 2.24) is 0 Å². The van der Waals surface area contributed by atoms with E-state index in [0.717, 1.165) is 0 Å². The zero-order valence-electron chi connectivity index (χ0n) is 10.7. The quantitative estimate of drug-likeness (QED) is 0.577. The van der Waals surface area contributed by atoms with Crippen molar-refractivity contribution in [1.29, 1.82) is 0 Å². The van der Waals surface area contributed by atoms with Crippen LogP contribution in [0.1, 0.15) is 10.4 Å². The molecule has 0 spiro atoms. The highest BCUT2D eigenvalue weighted by molar-refractivity contribution is 5.95. The molecule has 0 saturated carbocycles. The largest absolute Gasteiger partial charge is 0.465 e. The number of benzene rings is 1. The van der Waals surface area contributed by atoms with Gasteiger partial charge in [0.25, 0.3) is 0 Å². The van der Waals surface area contributed by atoms with E-state index in [1.165, 1.54) is 21.3 Å². The summed E-state index contributed by atoms with van der Waals surface area (Å²) in [6.45, 7) is 0.188. The molecule has 0 amide bonds. The van der Waals surface area contributed by atoms with Crippen LogP contribution in [-0.2, 0) is 14.2 Å². The van der Waals surface area contributed by atoms with E-state index in [1.54, 1.807) is 24.3 Å². The predicted octanol–water partition coefficient (Wildman–Crippen LogP) is 0.790. The maximum absolute atomic E-state index is 11.5. The molecule has 0 radical (unpaired) electrons. The SMILES string of the molecule is COC(=O)c1ccccc1NCC(N)(OC)OC. The molecule has 18 heavy (non-hydrogen) atoms. The lowest BCUT2D eigenvalue weighted by Crippen LogP contribution is -2.49. The van der Waals surface area contributed by atoms with Crippen LogP contribution < -0.4 is 11.1 Å². The minimum atomic E-state index is -1.25. The Morgan fingerprint density at radius 2 is 1.89 bits per heavy atom. The Hall–Kier alpha value is -1.63. The molecule has 0 aliphatic carbocycles. The molecule has 1 rings (SSSR count). The molecule has 0 aliphatic rings. The minimum Gasteiger partial charge on any atom is -0.465 e. The summed E-state index contributed by atoms with van der Waals surface area (Å²) in [5.41, 5.74) is 6.81. The number of ether oxygens (including phenoxy) is 3. The lowest BCUT2D eigenvalue weighted by Gasteiger charge is -2.26. The van der Waals surface area contributed by atoms with E-state index < -0.39 is 11.9 Å². The van der Waals surface area contributed by atoms with E-state index in [2.05, 4.69) is 10.1 Å². The molecule has 0 unspecified atom stereocenters. The van der Waals surface area contributed by atoms with Crippen LogP contribution in [0.15, 0.2) is 24.3 Å². The molecule has 100 valence electrons. The van der Waals surface area contributed by atoms with Gasteiger partial charge in [0.1, 0.15) is 0 Å². The Kier molecular flexibility index (Phi) is 5.08. The number of nitrogens with two attached hydrogens (primary N) is 1. The topological polar surface area (TPSA) is 82.8 Å². The Bertz CT molecular complexity index is 405. The molecule has 6 heteroatoms. The average molecular weight is 254 g/mol. The fraction of sp³-hybridized carbons (Fsp3) is 0.417. The number of esters is 1. The van der Waals surface area contributed by atoms with Crippen LogP contribution in [0.25, 0.3) is 0 Å². The second-order valence-corrected chi connectivity index (χ2v) is 3.61. The number of rotatable bonds is 6. The summed E-state index contributed by atoms with van der Waals surface area (Å²) in [6.07, 6.45) is 0. The molecular formula is C12H18N2O4. The Balaban J connectivity index is 2.82. The van der Waals surface area contributed by atoms with E-state index in [0.29, 0.717) is 11.3 Å². The van der Waals surface area contributed by atoms with Gasteiger partial charge < -0.3 is 19.5 Å². The van der Waals surface area contributed by atoms with Gasteiger partial charge in [-0.1, -0.05) is 12.1 Å². The molecule has 3 N–H and O–H groups in total. The maximum atomic E-state index is 11.5. The van der Waals surface area contributed by atoms with Crippen molar-refractivity contribution in [2.45, 2.75) is 5.91 Å². The molecule has 0 bridgehead atoms. The van der Waals surface area contributed by atoms with E-state index in [9.17, 15) is 4.79 Å².